The van der Waals surface area contributed by atoms with Crippen LogP contribution in [-0.4, -0.2) is 16.1 Å². The molecule has 1 heterocycles. The van der Waals surface area contributed by atoms with Crippen LogP contribution in [0.2, 0.25) is 0 Å². The SMILES string of the molecule is Cc1cccc2cc(C(O)NC3CCCCCCC3)[nH]c12. The van der Waals surface area contributed by atoms with Gasteiger partial charge in [-0.25, -0.2) is 0 Å². The van der Waals surface area contributed by atoms with Crippen LogP contribution >= 0.6 is 0 Å². The summed E-state index contributed by atoms with van der Waals surface area (Å²) in [6.45, 7) is 2.09. The lowest BCUT2D eigenvalue weighted by Crippen LogP contribution is -2.33. The van der Waals surface area contributed by atoms with Crippen molar-refractivity contribution in [3.8, 4) is 0 Å². The van der Waals surface area contributed by atoms with Crippen LogP contribution in [0.3, 0.4) is 0 Å². The van der Waals surface area contributed by atoms with Crippen molar-refractivity contribution in [2.45, 2.75) is 64.1 Å². The lowest BCUT2D eigenvalue weighted by Gasteiger charge is -2.23. The second kappa shape index (κ2) is 6.63. The van der Waals surface area contributed by atoms with Crippen molar-refractivity contribution < 1.29 is 5.11 Å². The first-order valence-corrected chi connectivity index (χ1v) is 8.26. The predicted molar refractivity (Wildman–Crippen MR) is 87.2 cm³/mol. The van der Waals surface area contributed by atoms with Crippen LogP contribution in [0.4, 0.5) is 0 Å². The minimum atomic E-state index is -0.596. The molecule has 1 fully saturated rings. The number of nitrogens with one attached hydrogen (secondary N) is 2. The lowest BCUT2D eigenvalue weighted by molar-refractivity contribution is 0.113. The zero-order valence-electron chi connectivity index (χ0n) is 12.9. The van der Waals surface area contributed by atoms with Gasteiger partial charge in [-0.05, 0) is 31.4 Å². The third-order valence-corrected chi connectivity index (χ3v) is 4.68. The van der Waals surface area contributed by atoms with E-state index in [4.69, 9.17) is 0 Å². The van der Waals surface area contributed by atoms with E-state index in [2.05, 4.69) is 41.5 Å². The minimum Gasteiger partial charge on any atom is -0.373 e. The summed E-state index contributed by atoms with van der Waals surface area (Å²) in [5, 5.41) is 15.1. The number of aliphatic hydroxyl groups excluding tert-OH is 1. The second-order valence-electron chi connectivity index (χ2n) is 6.38. The van der Waals surface area contributed by atoms with Crippen LogP contribution in [0.1, 0.15) is 62.4 Å². The van der Waals surface area contributed by atoms with Gasteiger partial charge >= 0.3 is 0 Å². The molecule has 3 rings (SSSR count). The summed E-state index contributed by atoms with van der Waals surface area (Å²) >= 11 is 0. The number of hydrogen-bond donors (Lipinski definition) is 3. The van der Waals surface area contributed by atoms with E-state index in [1.165, 1.54) is 55.9 Å². The highest BCUT2D eigenvalue weighted by Gasteiger charge is 2.17. The number of para-hydroxylation sites is 1. The molecule has 114 valence electrons. The van der Waals surface area contributed by atoms with Crippen LogP contribution < -0.4 is 5.32 Å². The van der Waals surface area contributed by atoms with Gasteiger partial charge in [0.2, 0.25) is 0 Å². The maximum Gasteiger partial charge on any atom is 0.146 e. The second-order valence-corrected chi connectivity index (χ2v) is 6.38. The maximum atomic E-state index is 10.5. The van der Waals surface area contributed by atoms with Crippen molar-refractivity contribution in [1.82, 2.24) is 10.3 Å². The van der Waals surface area contributed by atoms with Gasteiger partial charge in [-0.2, -0.15) is 0 Å². The lowest BCUT2D eigenvalue weighted by atomic mass is 9.96. The molecule has 0 radical (unpaired) electrons. The fourth-order valence-electron chi connectivity index (χ4n) is 3.41. The molecule has 21 heavy (non-hydrogen) atoms. The molecule has 3 N–H and O–H groups in total. The van der Waals surface area contributed by atoms with Crippen LogP contribution in [-0.2, 0) is 0 Å². The highest BCUT2D eigenvalue weighted by Crippen LogP contribution is 2.23. The molecule has 3 heteroatoms. The molecular formula is C18H26N2O. The van der Waals surface area contributed by atoms with Gasteiger partial charge in [0.15, 0.2) is 0 Å². The summed E-state index contributed by atoms with van der Waals surface area (Å²) in [5.41, 5.74) is 3.23. The topological polar surface area (TPSA) is 48.0 Å². The number of benzene rings is 1. The summed E-state index contributed by atoms with van der Waals surface area (Å²) in [7, 11) is 0. The van der Waals surface area contributed by atoms with E-state index >= 15 is 0 Å². The minimum absolute atomic E-state index is 0.438. The molecule has 0 aliphatic heterocycles. The van der Waals surface area contributed by atoms with Gasteiger partial charge in [0.05, 0.1) is 5.69 Å². The third-order valence-electron chi connectivity index (χ3n) is 4.68. The fraction of sp³-hybridized carbons (Fsp3) is 0.556. The molecule has 2 aromatic rings. The first-order chi connectivity index (χ1) is 10.2. The summed E-state index contributed by atoms with van der Waals surface area (Å²) in [4.78, 5) is 3.37. The molecule has 1 aromatic heterocycles. The quantitative estimate of drug-likeness (QED) is 0.742. The van der Waals surface area contributed by atoms with Crippen molar-refractivity contribution in [3.05, 3.63) is 35.5 Å². The molecular weight excluding hydrogens is 260 g/mol. The van der Waals surface area contributed by atoms with Crippen molar-refractivity contribution in [2.75, 3.05) is 0 Å². The van der Waals surface area contributed by atoms with Crippen molar-refractivity contribution >= 4 is 10.9 Å². The Balaban J connectivity index is 1.70. The predicted octanol–water partition coefficient (Wildman–Crippen LogP) is 4.17. The Hall–Kier alpha value is -1.32. The molecule has 1 unspecified atom stereocenters. The van der Waals surface area contributed by atoms with Gasteiger partial charge in [-0.1, -0.05) is 50.3 Å². The Bertz CT molecular complexity index is 582. The smallest absolute Gasteiger partial charge is 0.146 e. The van der Waals surface area contributed by atoms with Crippen molar-refractivity contribution in [1.29, 1.82) is 0 Å². The highest BCUT2D eigenvalue weighted by molar-refractivity contribution is 5.83. The Kier molecular flexibility index (Phi) is 4.61. The monoisotopic (exact) mass is 286 g/mol. The zero-order valence-corrected chi connectivity index (χ0v) is 12.9. The van der Waals surface area contributed by atoms with E-state index in [1.807, 2.05) is 0 Å². The summed E-state index contributed by atoms with van der Waals surface area (Å²) in [6.07, 6.45) is 8.34. The van der Waals surface area contributed by atoms with Crippen molar-refractivity contribution in [3.63, 3.8) is 0 Å². The van der Waals surface area contributed by atoms with Gasteiger partial charge < -0.3 is 10.1 Å². The van der Waals surface area contributed by atoms with E-state index in [1.54, 1.807) is 0 Å². The largest absolute Gasteiger partial charge is 0.373 e. The van der Waals surface area contributed by atoms with Gasteiger partial charge in [0.1, 0.15) is 6.23 Å². The van der Waals surface area contributed by atoms with Crippen LogP contribution in [0.5, 0.6) is 0 Å². The Morgan fingerprint density at radius 1 is 1.14 bits per heavy atom. The molecule has 1 aliphatic carbocycles. The molecule has 1 aromatic carbocycles. The Morgan fingerprint density at radius 3 is 2.57 bits per heavy atom. The first-order valence-electron chi connectivity index (χ1n) is 8.26. The molecule has 3 nitrogen and oxygen atoms in total. The van der Waals surface area contributed by atoms with Gasteiger partial charge in [0, 0.05) is 16.9 Å². The van der Waals surface area contributed by atoms with Crippen LogP contribution in [0.15, 0.2) is 24.3 Å². The van der Waals surface area contributed by atoms with Crippen molar-refractivity contribution in [2.24, 2.45) is 0 Å². The summed E-state index contributed by atoms with van der Waals surface area (Å²) in [5.74, 6) is 0. The molecule has 0 bridgehead atoms. The van der Waals surface area contributed by atoms with E-state index in [-0.39, 0.29) is 0 Å². The number of rotatable bonds is 3. The number of aromatic amines is 1. The molecule has 0 spiro atoms. The summed E-state index contributed by atoms with van der Waals surface area (Å²) < 4.78 is 0. The molecule has 0 saturated heterocycles. The molecule has 1 aliphatic rings. The highest BCUT2D eigenvalue weighted by atomic mass is 16.3. The first kappa shape index (κ1) is 14.6. The maximum absolute atomic E-state index is 10.5. The molecule has 0 amide bonds. The normalized spacial score (nSPS) is 19.3. The fourth-order valence-corrected chi connectivity index (χ4v) is 3.41. The Labute approximate surface area is 126 Å². The summed E-state index contributed by atoms with van der Waals surface area (Å²) in [6, 6.07) is 8.74. The standard InChI is InChI=1S/C18H26N2O/c1-13-8-7-9-14-12-16(20-17(13)14)18(21)19-15-10-5-3-2-4-6-11-15/h7-9,12,15,18-21H,2-6,10-11H2,1H3. The molecule has 1 atom stereocenters. The van der Waals surface area contributed by atoms with E-state index in [9.17, 15) is 5.11 Å². The van der Waals surface area contributed by atoms with Crippen LogP contribution in [0.25, 0.3) is 10.9 Å². The van der Waals surface area contributed by atoms with Crippen LogP contribution in [0, 0.1) is 6.92 Å². The van der Waals surface area contributed by atoms with E-state index in [0.29, 0.717) is 6.04 Å². The van der Waals surface area contributed by atoms with Gasteiger partial charge in [0.25, 0.3) is 0 Å². The zero-order chi connectivity index (χ0) is 14.7. The molecule has 1 saturated carbocycles. The number of aliphatic hydroxyl groups is 1. The third kappa shape index (κ3) is 3.47. The van der Waals surface area contributed by atoms with E-state index < -0.39 is 6.23 Å². The Morgan fingerprint density at radius 2 is 1.86 bits per heavy atom. The number of aromatic nitrogens is 1. The number of H-pyrrole nitrogens is 1. The number of hydrogen-bond acceptors (Lipinski definition) is 2. The van der Waals surface area contributed by atoms with E-state index in [0.717, 1.165) is 11.2 Å². The average Bonchev–Trinajstić information content (AvgIpc) is 2.87. The van der Waals surface area contributed by atoms with Gasteiger partial charge in [-0.3, -0.25) is 5.32 Å². The number of fused-ring (bicyclic) bond motifs is 1. The number of aryl methyl sites for hydroxylation is 1. The van der Waals surface area contributed by atoms with Gasteiger partial charge in [-0.15, -0.1) is 0 Å². The average molecular weight is 286 g/mol.